The maximum absolute atomic E-state index is 5.97. The van der Waals surface area contributed by atoms with E-state index in [4.69, 9.17) is 14.5 Å². The molecule has 4 nitrogen and oxygen atoms in total. The first kappa shape index (κ1) is 27.0. The Kier molecular flexibility index (Phi) is 8.16. The Hall–Kier alpha value is -4.57. The lowest BCUT2D eigenvalue weighted by Crippen LogP contribution is -1.99. The molecule has 40 heavy (non-hydrogen) atoms. The van der Waals surface area contributed by atoms with E-state index in [1.54, 1.807) is 0 Å². The molecule has 0 fully saturated rings. The number of anilines is 2. The van der Waals surface area contributed by atoms with Crippen LogP contribution in [0.3, 0.4) is 0 Å². The largest absolute Gasteiger partial charge is 0.493 e. The Morgan fingerprint density at radius 3 is 1.60 bits per heavy atom. The summed E-state index contributed by atoms with van der Waals surface area (Å²) in [5.74, 6) is 1.64. The number of nitrogens with zero attached hydrogens (tertiary/aromatic N) is 1. The van der Waals surface area contributed by atoms with Crippen LogP contribution in [0.1, 0.15) is 30.5 Å². The zero-order valence-corrected chi connectivity index (χ0v) is 23.9. The first-order valence-electron chi connectivity index (χ1n) is 13.9. The molecule has 1 heterocycles. The molecule has 0 aliphatic rings. The molecule has 0 radical (unpaired) electrons. The van der Waals surface area contributed by atoms with Gasteiger partial charge in [0.15, 0.2) is 0 Å². The number of aryl methyl sites for hydroxylation is 3. The first-order chi connectivity index (χ1) is 19.5. The number of nitrogens with one attached hydrogen (secondary N) is 1. The third-order valence-electron chi connectivity index (χ3n) is 6.92. The van der Waals surface area contributed by atoms with Crippen molar-refractivity contribution in [2.45, 2.75) is 34.6 Å². The summed E-state index contributed by atoms with van der Waals surface area (Å²) in [6.07, 6.45) is 0. The molecule has 1 aromatic heterocycles. The summed E-state index contributed by atoms with van der Waals surface area (Å²) in [5.41, 5.74) is 11.8. The molecule has 4 aromatic carbocycles. The molecule has 5 rings (SSSR count). The Morgan fingerprint density at radius 1 is 0.600 bits per heavy atom. The van der Waals surface area contributed by atoms with E-state index in [9.17, 15) is 0 Å². The SMILES string of the molecule is CCOc1ccccc1-c1cc(-c2ccc(Nc3c(C)cc(C)cc3C)cc2)cc(-c2ccccc2OCC)n1. The van der Waals surface area contributed by atoms with Gasteiger partial charge in [-0.15, -0.1) is 0 Å². The summed E-state index contributed by atoms with van der Waals surface area (Å²) >= 11 is 0. The Balaban J connectivity index is 1.59. The van der Waals surface area contributed by atoms with Gasteiger partial charge in [-0.1, -0.05) is 54.1 Å². The molecule has 0 saturated carbocycles. The van der Waals surface area contributed by atoms with Gasteiger partial charge in [-0.05, 0) is 105 Å². The molecule has 1 N–H and O–H groups in total. The molecule has 4 heteroatoms. The number of ether oxygens (including phenoxy) is 2. The lowest BCUT2D eigenvalue weighted by Gasteiger charge is -2.16. The third-order valence-corrected chi connectivity index (χ3v) is 6.92. The van der Waals surface area contributed by atoms with Crippen LogP contribution in [0.25, 0.3) is 33.6 Å². The summed E-state index contributed by atoms with van der Waals surface area (Å²) in [5, 5.41) is 3.62. The van der Waals surface area contributed by atoms with E-state index in [1.807, 2.05) is 50.2 Å². The predicted molar refractivity (Wildman–Crippen MR) is 167 cm³/mol. The fraction of sp³-hybridized carbons (Fsp3) is 0.194. The van der Waals surface area contributed by atoms with Crippen LogP contribution in [0, 0.1) is 20.8 Å². The summed E-state index contributed by atoms with van der Waals surface area (Å²) in [4.78, 5) is 5.11. The summed E-state index contributed by atoms with van der Waals surface area (Å²) < 4.78 is 11.9. The van der Waals surface area contributed by atoms with Crippen LogP contribution in [0.5, 0.6) is 11.5 Å². The lowest BCUT2D eigenvalue weighted by molar-refractivity contribution is 0.341. The van der Waals surface area contributed by atoms with Crippen molar-refractivity contribution in [3.05, 3.63) is 114 Å². The summed E-state index contributed by atoms with van der Waals surface area (Å²) in [6, 6.07) is 33.4. The highest BCUT2D eigenvalue weighted by Gasteiger charge is 2.15. The molecule has 0 amide bonds. The number of rotatable bonds is 9. The summed E-state index contributed by atoms with van der Waals surface area (Å²) in [7, 11) is 0. The first-order valence-corrected chi connectivity index (χ1v) is 13.9. The standard InChI is InChI=1S/C36H36N2O2/c1-6-39-34-14-10-8-12-30(34)32-22-28(23-33(38-32)31-13-9-11-15-35(31)40-7-2)27-16-18-29(19-17-27)37-36-25(4)20-24(3)21-26(36)5/h8-23,37H,6-7H2,1-5H3. The molecule has 0 atom stereocenters. The van der Waals surface area contributed by atoms with Crippen LogP contribution >= 0.6 is 0 Å². The van der Waals surface area contributed by atoms with Gasteiger partial charge in [0.05, 0.1) is 24.6 Å². The maximum Gasteiger partial charge on any atom is 0.128 e. The van der Waals surface area contributed by atoms with Crippen molar-refractivity contribution in [1.29, 1.82) is 0 Å². The normalized spacial score (nSPS) is 10.8. The van der Waals surface area contributed by atoms with Gasteiger partial charge in [0.1, 0.15) is 11.5 Å². The van der Waals surface area contributed by atoms with Crippen molar-refractivity contribution >= 4 is 11.4 Å². The van der Waals surface area contributed by atoms with E-state index in [2.05, 4.69) is 86.8 Å². The Bertz CT molecular complexity index is 1530. The second kappa shape index (κ2) is 12.1. The van der Waals surface area contributed by atoms with Gasteiger partial charge >= 0.3 is 0 Å². The van der Waals surface area contributed by atoms with Crippen molar-refractivity contribution in [2.24, 2.45) is 0 Å². The third kappa shape index (κ3) is 5.86. The predicted octanol–water partition coefficient (Wildman–Crippen LogP) is 9.55. The van der Waals surface area contributed by atoms with Gasteiger partial charge in [-0.25, -0.2) is 4.98 Å². The minimum Gasteiger partial charge on any atom is -0.493 e. The van der Waals surface area contributed by atoms with E-state index in [0.29, 0.717) is 13.2 Å². The van der Waals surface area contributed by atoms with Crippen LogP contribution in [0.2, 0.25) is 0 Å². The minimum atomic E-state index is 0.588. The number of hydrogen-bond donors (Lipinski definition) is 1. The highest BCUT2D eigenvalue weighted by Crippen LogP contribution is 2.37. The molecule has 0 spiro atoms. The van der Waals surface area contributed by atoms with E-state index < -0.39 is 0 Å². The van der Waals surface area contributed by atoms with Crippen molar-refractivity contribution in [2.75, 3.05) is 18.5 Å². The molecular weight excluding hydrogens is 492 g/mol. The Labute approximate surface area is 237 Å². The lowest BCUT2D eigenvalue weighted by atomic mass is 9.99. The quantitative estimate of drug-likeness (QED) is 0.207. The molecule has 0 unspecified atom stereocenters. The van der Waals surface area contributed by atoms with Crippen molar-refractivity contribution in [3.63, 3.8) is 0 Å². The average Bonchev–Trinajstić information content (AvgIpc) is 2.96. The number of hydrogen-bond acceptors (Lipinski definition) is 4. The molecule has 0 saturated heterocycles. The number of para-hydroxylation sites is 2. The van der Waals surface area contributed by atoms with Crippen LogP contribution in [0.4, 0.5) is 11.4 Å². The van der Waals surface area contributed by atoms with E-state index >= 15 is 0 Å². The number of pyridine rings is 1. The highest BCUT2D eigenvalue weighted by atomic mass is 16.5. The molecule has 0 aliphatic heterocycles. The number of benzene rings is 4. The van der Waals surface area contributed by atoms with E-state index in [0.717, 1.165) is 56.5 Å². The zero-order valence-electron chi connectivity index (χ0n) is 23.9. The van der Waals surface area contributed by atoms with E-state index in [-0.39, 0.29) is 0 Å². The van der Waals surface area contributed by atoms with Crippen molar-refractivity contribution in [1.82, 2.24) is 4.98 Å². The molecule has 0 bridgehead atoms. The average molecular weight is 529 g/mol. The van der Waals surface area contributed by atoms with Gasteiger partial charge in [0, 0.05) is 22.5 Å². The van der Waals surface area contributed by atoms with Crippen LogP contribution < -0.4 is 14.8 Å². The molecule has 0 aliphatic carbocycles. The van der Waals surface area contributed by atoms with Gasteiger partial charge in [0.2, 0.25) is 0 Å². The van der Waals surface area contributed by atoms with Gasteiger partial charge < -0.3 is 14.8 Å². The van der Waals surface area contributed by atoms with Crippen molar-refractivity contribution in [3.8, 4) is 45.1 Å². The number of aromatic nitrogens is 1. The highest BCUT2D eigenvalue weighted by molar-refractivity contribution is 5.81. The second-order valence-corrected chi connectivity index (χ2v) is 9.96. The van der Waals surface area contributed by atoms with Gasteiger partial charge in [-0.3, -0.25) is 0 Å². The van der Waals surface area contributed by atoms with Crippen LogP contribution in [-0.2, 0) is 0 Å². The van der Waals surface area contributed by atoms with Gasteiger partial charge in [-0.2, -0.15) is 0 Å². The van der Waals surface area contributed by atoms with Crippen LogP contribution in [-0.4, -0.2) is 18.2 Å². The molecule has 202 valence electrons. The smallest absolute Gasteiger partial charge is 0.128 e. The maximum atomic E-state index is 5.97. The van der Waals surface area contributed by atoms with Crippen molar-refractivity contribution < 1.29 is 9.47 Å². The second-order valence-electron chi connectivity index (χ2n) is 9.96. The summed E-state index contributed by atoms with van der Waals surface area (Å²) in [6.45, 7) is 11.6. The van der Waals surface area contributed by atoms with E-state index in [1.165, 1.54) is 16.7 Å². The minimum absolute atomic E-state index is 0.588. The monoisotopic (exact) mass is 528 g/mol. The topological polar surface area (TPSA) is 43.4 Å². The molecule has 5 aromatic rings. The fourth-order valence-electron chi connectivity index (χ4n) is 5.16. The van der Waals surface area contributed by atoms with Crippen LogP contribution in [0.15, 0.2) is 97.1 Å². The zero-order chi connectivity index (χ0) is 28.1. The fourth-order valence-corrected chi connectivity index (χ4v) is 5.16. The van der Waals surface area contributed by atoms with Gasteiger partial charge in [0.25, 0.3) is 0 Å². The molecular formula is C36H36N2O2. The Morgan fingerprint density at radius 2 is 1.10 bits per heavy atom.